The van der Waals surface area contributed by atoms with Gasteiger partial charge in [-0.2, -0.15) is 10.4 Å². The van der Waals surface area contributed by atoms with Crippen LogP contribution < -0.4 is 5.32 Å². The van der Waals surface area contributed by atoms with Gasteiger partial charge in [0.05, 0.1) is 11.9 Å². The van der Waals surface area contributed by atoms with Crippen molar-refractivity contribution >= 4 is 35.1 Å². The molecule has 1 aromatic heterocycles. The Labute approximate surface area is 166 Å². The Hall–Kier alpha value is -3.69. The summed E-state index contributed by atoms with van der Waals surface area (Å²) in [7, 11) is 0. The third kappa shape index (κ3) is 4.34. The van der Waals surface area contributed by atoms with Gasteiger partial charge in [-0.25, -0.2) is 0 Å². The second-order valence-electron chi connectivity index (χ2n) is 5.97. The molecule has 0 spiro atoms. The summed E-state index contributed by atoms with van der Waals surface area (Å²) in [5.74, 6) is -0.690. The van der Waals surface area contributed by atoms with Gasteiger partial charge in [0.2, 0.25) is 0 Å². The molecule has 6 nitrogen and oxygen atoms in total. The Morgan fingerprint density at radius 3 is 2.64 bits per heavy atom. The predicted octanol–water partition coefficient (Wildman–Crippen LogP) is 4.48. The van der Waals surface area contributed by atoms with Gasteiger partial charge < -0.3 is 5.32 Å². The minimum Gasteiger partial charge on any atom is -0.321 e. The SMILES string of the molecule is CC(=O)c1cccc(NC(=O)/C(C#N)=C/c2cn[nH]c2-c2ccc(Cl)cc2)c1. The monoisotopic (exact) mass is 390 g/mol. The van der Waals surface area contributed by atoms with Gasteiger partial charge in [0.1, 0.15) is 11.6 Å². The van der Waals surface area contributed by atoms with Gasteiger partial charge in [-0.05, 0) is 37.3 Å². The van der Waals surface area contributed by atoms with E-state index in [2.05, 4.69) is 15.5 Å². The average Bonchev–Trinajstić information content (AvgIpc) is 3.15. The molecular formula is C21H15ClN4O2. The molecule has 0 saturated carbocycles. The van der Waals surface area contributed by atoms with Crippen LogP contribution in [0.4, 0.5) is 5.69 Å². The van der Waals surface area contributed by atoms with Crippen LogP contribution in [0.5, 0.6) is 0 Å². The molecule has 0 unspecified atom stereocenters. The van der Waals surface area contributed by atoms with Crippen LogP contribution in [0.1, 0.15) is 22.8 Å². The van der Waals surface area contributed by atoms with Gasteiger partial charge in [-0.1, -0.05) is 35.9 Å². The zero-order valence-electron chi connectivity index (χ0n) is 14.9. The van der Waals surface area contributed by atoms with Gasteiger partial charge in [0, 0.05) is 27.4 Å². The molecule has 7 heteroatoms. The molecular weight excluding hydrogens is 376 g/mol. The van der Waals surface area contributed by atoms with Crippen LogP contribution in [0.25, 0.3) is 17.3 Å². The van der Waals surface area contributed by atoms with Crippen LogP contribution in [0.15, 0.2) is 60.3 Å². The Morgan fingerprint density at radius 2 is 1.96 bits per heavy atom. The van der Waals surface area contributed by atoms with Crippen molar-refractivity contribution in [2.24, 2.45) is 0 Å². The minimum atomic E-state index is -0.577. The molecule has 2 aromatic carbocycles. The maximum atomic E-state index is 12.5. The highest BCUT2D eigenvalue weighted by Gasteiger charge is 2.13. The van der Waals surface area contributed by atoms with Crippen molar-refractivity contribution in [2.75, 3.05) is 5.32 Å². The highest BCUT2D eigenvalue weighted by Crippen LogP contribution is 2.25. The smallest absolute Gasteiger partial charge is 0.266 e. The summed E-state index contributed by atoms with van der Waals surface area (Å²) in [4.78, 5) is 24.0. The average molecular weight is 391 g/mol. The van der Waals surface area contributed by atoms with Crippen molar-refractivity contribution in [1.82, 2.24) is 10.2 Å². The van der Waals surface area contributed by atoms with Crippen molar-refractivity contribution in [3.63, 3.8) is 0 Å². The van der Waals surface area contributed by atoms with Crippen molar-refractivity contribution < 1.29 is 9.59 Å². The molecule has 0 saturated heterocycles. The number of ketones is 1. The summed E-state index contributed by atoms with van der Waals surface area (Å²) in [5.41, 5.74) is 2.89. The van der Waals surface area contributed by atoms with Crippen LogP contribution in [0, 0.1) is 11.3 Å². The van der Waals surface area contributed by atoms with E-state index in [0.717, 1.165) is 5.56 Å². The normalized spacial score (nSPS) is 11.0. The Balaban J connectivity index is 1.87. The number of halogens is 1. The number of aromatic nitrogens is 2. The second-order valence-corrected chi connectivity index (χ2v) is 6.40. The topological polar surface area (TPSA) is 98.6 Å². The highest BCUT2D eigenvalue weighted by atomic mass is 35.5. The largest absolute Gasteiger partial charge is 0.321 e. The van der Waals surface area contributed by atoms with Crippen molar-refractivity contribution in [1.29, 1.82) is 5.26 Å². The standard InChI is InChI=1S/C21H15ClN4O2/c1-13(27)15-3-2-4-19(10-15)25-21(28)16(11-23)9-17-12-24-26-20(17)14-5-7-18(22)8-6-14/h2-10,12H,1H3,(H,24,26)(H,25,28)/b16-9+. The number of hydrogen-bond donors (Lipinski definition) is 2. The van der Waals surface area contributed by atoms with E-state index in [-0.39, 0.29) is 11.4 Å². The second kappa shape index (κ2) is 8.33. The molecule has 1 amide bonds. The van der Waals surface area contributed by atoms with Gasteiger partial charge in [-0.3, -0.25) is 14.7 Å². The lowest BCUT2D eigenvalue weighted by molar-refractivity contribution is -0.112. The Morgan fingerprint density at radius 1 is 1.21 bits per heavy atom. The number of nitriles is 1. The fourth-order valence-corrected chi connectivity index (χ4v) is 2.70. The summed E-state index contributed by atoms with van der Waals surface area (Å²) in [6, 6.07) is 15.5. The van der Waals surface area contributed by atoms with E-state index >= 15 is 0 Å². The molecule has 3 rings (SSSR count). The fraction of sp³-hybridized carbons (Fsp3) is 0.0476. The van der Waals surface area contributed by atoms with Crippen LogP contribution >= 0.6 is 11.6 Å². The zero-order chi connectivity index (χ0) is 20.1. The van der Waals surface area contributed by atoms with E-state index in [1.165, 1.54) is 19.2 Å². The number of Topliss-reactive ketones (excluding diaryl/α,β-unsaturated/α-hetero) is 1. The number of amides is 1. The molecule has 3 aromatic rings. The summed E-state index contributed by atoms with van der Waals surface area (Å²) in [6.07, 6.45) is 2.99. The Kier molecular flexibility index (Phi) is 5.68. The highest BCUT2D eigenvalue weighted by molar-refractivity contribution is 6.30. The number of nitrogens with one attached hydrogen (secondary N) is 2. The minimum absolute atomic E-state index is 0.0927. The van der Waals surface area contributed by atoms with Crippen LogP contribution in [-0.4, -0.2) is 21.9 Å². The van der Waals surface area contributed by atoms with E-state index in [0.29, 0.717) is 27.5 Å². The van der Waals surface area contributed by atoms with Gasteiger partial charge in [-0.15, -0.1) is 0 Å². The molecule has 0 aliphatic carbocycles. The first-order valence-corrected chi connectivity index (χ1v) is 8.69. The van der Waals surface area contributed by atoms with Crippen LogP contribution in [0.3, 0.4) is 0 Å². The lowest BCUT2D eigenvalue weighted by Gasteiger charge is -2.06. The molecule has 28 heavy (non-hydrogen) atoms. The zero-order valence-corrected chi connectivity index (χ0v) is 15.6. The Bertz CT molecular complexity index is 1110. The summed E-state index contributed by atoms with van der Waals surface area (Å²) < 4.78 is 0. The fourth-order valence-electron chi connectivity index (χ4n) is 2.57. The van der Waals surface area contributed by atoms with E-state index in [9.17, 15) is 14.9 Å². The van der Waals surface area contributed by atoms with Crippen LogP contribution in [-0.2, 0) is 4.79 Å². The number of hydrogen-bond acceptors (Lipinski definition) is 4. The number of aromatic amines is 1. The first kappa shape index (κ1) is 19.1. The lowest BCUT2D eigenvalue weighted by Crippen LogP contribution is -2.13. The molecule has 0 bridgehead atoms. The predicted molar refractivity (Wildman–Crippen MR) is 108 cm³/mol. The van der Waals surface area contributed by atoms with Crippen molar-refractivity contribution in [2.45, 2.75) is 6.92 Å². The van der Waals surface area contributed by atoms with E-state index < -0.39 is 5.91 Å². The number of benzene rings is 2. The molecule has 0 aliphatic heterocycles. The van der Waals surface area contributed by atoms with E-state index in [4.69, 9.17) is 11.6 Å². The molecule has 0 atom stereocenters. The van der Waals surface area contributed by atoms with Gasteiger partial charge in [0.25, 0.3) is 5.91 Å². The quantitative estimate of drug-likeness (QED) is 0.381. The molecule has 2 N–H and O–H groups in total. The first-order valence-electron chi connectivity index (χ1n) is 8.31. The van der Waals surface area contributed by atoms with Crippen LogP contribution in [0.2, 0.25) is 5.02 Å². The third-order valence-electron chi connectivity index (χ3n) is 3.99. The number of H-pyrrole nitrogens is 1. The first-order chi connectivity index (χ1) is 13.5. The van der Waals surface area contributed by atoms with Crippen molar-refractivity contribution in [3.05, 3.63) is 76.5 Å². The molecule has 138 valence electrons. The summed E-state index contributed by atoms with van der Waals surface area (Å²) >= 11 is 5.91. The molecule has 0 aliphatic rings. The van der Waals surface area contributed by atoms with Crippen molar-refractivity contribution in [3.8, 4) is 17.3 Å². The van der Waals surface area contributed by atoms with E-state index in [1.54, 1.807) is 36.4 Å². The summed E-state index contributed by atoms with van der Waals surface area (Å²) in [6.45, 7) is 1.44. The molecule has 0 radical (unpaired) electrons. The number of rotatable bonds is 5. The molecule has 1 heterocycles. The van der Waals surface area contributed by atoms with E-state index in [1.807, 2.05) is 18.2 Å². The molecule has 0 fully saturated rings. The number of carbonyl (C=O) groups excluding carboxylic acids is 2. The maximum absolute atomic E-state index is 12.5. The van der Waals surface area contributed by atoms with Gasteiger partial charge in [0.15, 0.2) is 5.78 Å². The third-order valence-corrected chi connectivity index (χ3v) is 4.25. The number of carbonyl (C=O) groups is 2. The maximum Gasteiger partial charge on any atom is 0.266 e. The lowest BCUT2D eigenvalue weighted by atomic mass is 10.1. The summed E-state index contributed by atoms with van der Waals surface area (Å²) in [5, 5.41) is 19.5. The number of nitrogens with zero attached hydrogens (tertiary/aromatic N) is 2. The number of anilines is 1. The van der Waals surface area contributed by atoms with Gasteiger partial charge >= 0.3 is 0 Å².